The Balaban J connectivity index is 2.52. The first-order chi connectivity index (χ1) is 7.69. The summed E-state index contributed by atoms with van der Waals surface area (Å²) in [5.41, 5.74) is 2.14. The van der Waals surface area contributed by atoms with Gasteiger partial charge in [0.1, 0.15) is 5.82 Å². The Morgan fingerprint density at radius 3 is 2.31 bits per heavy atom. The maximum absolute atomic E-state index is 12.7. The number of nitrogens with zero attached hydrogens (tertiary/aromatic N) is 1. The molecule has 0 aliphatic carbocycles. The summed E-state index contributed by atoms with van der Waals surface area (Å²) >= 11 is 5.88. The maximum Gasteiger partial charge on any atom is 0.123 e. The van der Waals surface area contributed by atoms with E-state index < -0.39 is 0 Å². The highest BCUT2D eigenvalue weighted by Crippen LogP contribution is 2.24. The van der Waals surface area contributed by atoms with Gasteiger partial charge in [0.25, 0.3) is 0 Å². The van der Waals surface area contributed by atoms with E-state index in [0.29, 0.717) is 10.6 Å². The highest BCUT2D eigenvalue weighted by molar-refractivity contribution is 6.31. The number of nitriles is 1. The molecule has 0 bridgehead atoms. The lowest BCUT2D eigenvalue weighted by molar-refractivity contribution is 0.628. The minimum atomic E-state index is -0.286. The SMILES string of the molecule is N#Cc1cc(Cl)cc(-c2ccc(F)cc2)c1. The van der Waals surface area contributed by atoms with Gasteiger partial charge < -0.3 is 0 Å². The van der Waals surface area contributed by atoms with Crippen LogP contribution in [0.25, 0.3) is 11.1 Å². The van der Waals surface area contributed by atoms with Crippen LogP contribution >= 0.6 is 11.6 Å². The summed E-state index contributed by atoms with van der Waals surface area (Å²) in [6.07, 6.45) is 0. The molecule has 16 heavy (non-hydrogen) atoms. The molecule has 3 heteroatoms. The fourth-order valence-corrected chi connectivity index (χ4v) is 1.70. The topological polar surface area (TPSA) is 23.8 Å². The number of hydrogen-bond acceptors (Lipinski definition) is 1. The van der Waals surface area contributed by atoms with Gasteiger partial charge in [0.05, 0.1) is 11.6 Å². The zero-order valence-electron chi connectivity index (χ0n) is 8.24. The monoisotopic (exact) mass is 231 g/mol. The number of hydrogen-bond donors (Lipinski definition) is 0. The molecular weight excluding hydrogens is 225 g/mol. The molecule has 0 amide bonds. The standard InChI is InChI=1S/C13H7ClFN/c14-12-6-9(8-16)5-11(7-12)10-1-3-13(15)4-2-10/h1-7H. The third kappa shape index (κ3) is 2.21. The van der Waals surface area contributed by atoms with Gasteiger partial charge in [-0.15, -0.1) is 0 Å². The van der Waals surface area contributed by atoms with Crippen LogP contribution in [0.3, 0.4) is 0 Å². The fourth-order valence-electron chi connectivity index (χ4n) is 1.46. The van der Waals surface area contributed by atoms with Crippen molar-refractivity contribution in [3.63, 3.8) is 0 Å². The first-order valence-electron chi connectivity index (χ1n) is 4.65. The summed E-state index contributed by atoms with van der Waals surface area (Å²) in [6.45, 7) is 0. The highest BCUT2D eigenvalue weighted by atomic mass is 35.5. The molecule has 0 unspecified atom stereocenters. The minimum absolute atomic E-state index is 0.286. The maximum atomic E-state index is 12.7. The smallest absolute Gasteiger partial charge is 0.123 e. The third-order valence-corrected chi connectivity index (χ3v) is 2.42. The van der Waals surface area contributed by atoms with Crippen LogP contribution in [0.1, 0.15) is 5.56 Å². The Kier molecular flexibility index (Phi) is 2.89. The molecule has 0 spiro atoms. The Morgan fingerprint density at radius 1 is 1.00 bits per heavy atom. The summed E-state index contributed by atoms with van der Waals surface area (Å²) in [7, 11) is 0. The molecular formula is C13H7ClFN. The van der Waals surface area contributed by atoms with Crippen LogP contribution in [-0.4, -0.2) is 0 Å². The van der Waals surface area contributed by atoms with Crippen molar-refractivity contribution in [3.8, 4) is 17.2 Å². The summed E-state index contributed by atoms with van der Waals surface area (Å²) in [6, 6.07) is 13.2. The van der Waals surface area contributed by atoms with Crippen molar-refractivity contribution in [2.45, 2.75) is 0 Å². The van der Waals surface area contributed by atoms with Crippen molar-refractivity contribution in [2.24, 2.45) is 0 Å². The van der Waals surface area contributed by atoms with Gasteiger partial charge in [-0.05, 0) is 41.5 Å². The van der Waals surface area contributed by atoms with E-state index in [4.69, 9.17) is 16.9 Å². The first kappa shape index (κ1) is 10.7. The number of rotatable bonds is 1. The van der Waals surface area contributed by atoms with Crippen LogP contribution in [0.5, 0.6) is 0 Å². The number of benzene rings is 2. The molecule has 0 radical (unpaired) electrons. The predicted octanol–water partition coefficient (Wildman–Crippen LogP) is 4.02. The van der Waals surface area contributed by atoms with Crippen molar-refractivity contribution in [1.29, 1.82) is 5.26 Å². The van der Waals surface area contributed by atoms with E-state index in [2.05, 4.69) is 0 Å². The molecule has 0 N–H and O–H groups in total. The van der Waals surface area contributed by atoms with Crippen molar-refractivity contribution in [3.05, 3.63) is 58.9 Å². The van der Waals surface area contributed by atoms with Gasteiger partial charge >= 0.3 is 0 Å². The molecule has 0 atom stereocenters. The Labute approximate surface area is 97.7 Å². The molecule has 0 aliphatic heterocycles. The quantitative estimate of drug-likeness (QED) is 0.727. The molecule has 78 valence electrons. The summed E-state index contributed by atoms with van der Waals surface area (Å²) in [4.78, 5) is 0. The lowest BCUT2D eigenvalue weighted by Crippen LogP contribution is -1.82. The van der Waals surface area contributed by atoms with Crippen LogP contribution in [-0.2, 0) is 0 Å². The second kappa shape index (κ2) is 4.34. The molecule has 0 aromatic heterocycles. The van der Waals surface area contributed by atoms with Gasteiger partial charge in [0, 0.05) is 5.02 Å². The molecule has 0 aliphatic rings. The molecule has 2 aromatic rings. The van der Waals surface area contributed by atoms with Crippen LogP contribution in [0, 0.1) is 17.1 Å². The second-order valence-electron chi connectivity index (χ2n) is 3.35. The Hall–Kier alpha value is -1.85. The lowest BCUT2D eigenvalue weighted by Gasteiger charge is -2.03. The third-order valence-electron chi connectivity index (χ3n) is 2.20. The molecule has 1 nitrogen and oxygen atoms in total. The predicted molar refractivity (Wildman–Crippen MR) is 61.6 cm³/mol. The average Bonchev–Trinajstić information content (AvgIpc) is 2.29. The van der Waals surface area contributed by atoms with E-state index >= 15 is 0 Å². The van der Waals surface area contributed by atoms with Crippen molar-refractivity contribution in [1.82, 2.24) is 0 Å². The normalized spacial score (nSPS) is 9.81. The van der Waals surface area contributed by atoms with E-state index in [1.807, 2.05) is 6.07 Å². The van der Waals surface area contributed by atoms with E-state index in [0.717, 1.165) is 11.1 Å². The van der Waals surface area contributed by atoms with Gasteiger partial charge in [-0.2, -0.15) is 5.26 Å². The van der Waals surface area contributed by atoms with Crippen LogP contribution in [0.4, 0.5) is 4.39 Å². The molecule has 2 rings (SSSR count). The van der Waals surface area contributed by atoms with Crippen LogP contribution in [0.2, 0.25) is 5.02 Å². The van der Waals surface area contributed by atoms with Crippen LogP contribution in [0.15, 0.2) is 42.5 Å². The molecule has 0 fully saturated rings. The zero-order chi connectivity index (χ0) is 11.5. The van der Waals surface area contributed by atoms with Gasteiger partial charge in [-0.1, -0.05) is 23.7 Å². The van der Waals surface area contributed by atoms with Crippen molar-refractivity contribution in [2.75, 3.05) is 0 Å². The first-order valence-corrected chi connectivity index (χ1v) is 5.03. The van der Waals surface area contributed by atoms with Gasteiger partial charge in [-0.25, -0.2) is 4.39 Å². The van der Waals surface area contributed by atoms with E-state index in [1.54, 1.807) is 30.3 Å². The highest BCUT2D eigenvalue weighted by Gasteiger charge is 2.02. The van der Waals surface area contributed by atoms with Gasteiger partial charge in [0.2, 0.25) is 0 Å². The van der Waals surface area contributed by atoms with Crippen LogP contribution < -0.4 is 0 Å². The largest absolute Gasteiger partial charge is 0.207 e. The lowest BCUT2D eigenvalue weighted by atomic mass is 10.0. The van der Waals surface area contributed by atoms with Gasteiger partial charge in [-0.3, -0.25) is 0 Å². The van der Waals surface area contributed by atoms with Crippen molar-refractivity contribution < 1.29 is 4.39 Å². The minimum Gasteiger partial charge on any atom is -0.207 e. The summed E-state index contributed by atoms with van der Waals surface area (Å²) < 4.78 is 12.7. The fraction of sp³-hybridized carbons (Fsp3) is 0. The molecule has 2 aromatic carbocycles. The molecule has 0 saturated carbocycles. The average molecular weight is 232 g/mol. The van der Waals surface area contributed by atoms with Crippen molar-refractivity contribution >= 4 is 11.6 Å². The summed E-state index contributed by atoms with van der Waals surface area (Å²) in [5, 5.41) is 9.31. The van der Waals surface area contributed by atoms with E-state index in [1.165, 1.54) is 12.1 Å². The van der Waals surface area contributed by atoms with Gasteiger partial charge in [0.15, 0.2) is 0 Å². The second-order valence-corrected chi connectivity index (χ2v) is 3.78. The zero-order valence-corrected chi connectivity index (χ0v) is 9.00. The van der Waals surface area contributed by atoms with E-state index in [-0.39, 0.29) is 5.82 Å². The molecule has 0 heterocycles. The Bertz CT molecular complexity index is 555. The Morgan fingerprint density at radius 2 is 1.69 bits per heavy atom. The molecule has 0 saturated heterocycles. The number of halogens is 2. The van der Waals surface area contributed by atoms with E-state index in [9.17, 15) is 4.39 Å². The summed E-state index contributed by atoms with van der Waals surface area (Å²) in [5.74, 6) is -0.286.